The van der Waals surface area contributed by atoms with Crippen LogP contribution in [0.4, 0.5) is 18.9 Å². The molecule has 14 heteroatoms. The summed E-state index contributed by atoms with van der Waals surface area (Å²) in [7, 11) is 1.93. The highest BCUT2D eigenvalue weighted by Gasteiger charge is 2.36. The molecule has 2 N–H and O–H groups in total. The molecule has 3 heterocycles. The van der Waals surface area contributed by atoms with Gasteiger partial charge in [0.25, 0.3) is 5.82 Å². The van der Waals surface area contributed by atoms with Gasteiger partial charge in [-0.05, 0) is 72.9 Å². The summed E-state index contributed by atoms with van der Waals surface area (Å²) in [5, 5.41) is 21.7. The predicted molar refractivity (Wildman–Crippen MR) is 163 cm³/mol. The summed E-state index contributed by atoms with van der Waals surface area (Å²) in [5.74, 6) is -0.128. The quantitative estimate of drug-likeness (QED) is 0.204. The van der Waals surface area contributed by atoms with Crippen LogP contribution in [0.25, 0.3) is 17.6 Å². The van der Waals surface area contributed by atoms with E-state index in [0.717, 1.165) is 44.8 Å². The number of hydrogen-bond donors (Lipinski definition) is 2. The second-order valence-corrected chi connectivity index (χ2v) is 10.9. The van der Waals surface area contributed by atoms with Crippen LogP contribution in [0.5, 0.6) is 0 Å². The van der Waals surface area contributed by atoms with E-state index in [1.807, 2.05) is 19.2 Å². The smallest absolute Gasteiger partial charge is 0.387 e. The van der Waals surface area contributed by atoms with Gasteiger partial charge in [0.2, 0.25) is 0 Å². The zero-order valence-corrected chi connectivity index (χ0v) is 25.3. The van der Waals surface area contributed by atoms with Gasteiger partial charge in [-0.15, -0.1) is 10.2 Å². The highest BCUT2D eigenvalue weighted by Crippen LogP contribution is 2.30. The SMILES string of the molecule is C=C(NCC1CCCC1)c1cc(Cl)cc(C)c1NC.C=Cc1cc(Cn2nnc(C(F)(F)F)n2)nn1-c1ncccc1Cl. The highest BCUT2D eigenvalue weighted by atomic mass is 35.5. The number of benzene rings is 1. The fourth-order valence-electron chi connectivity index (χ4n) is 4.83. The van der Waals surface area contributed by atoms with Gasteiger partial charge < -0.3 is 10.6 Å². The normalized spacial score (nSPS) is 13.4. The van der Waals surface area contributed by atoms with Gasteiger partial charge in [0.1, 0.15) is 6.54 Å². The van der Waals surface area contributed by atoms with Gasteiger partial charge in [0.05, 0.1) is 16.4 Å². The van der Waals surface area contributed by atoms with Gasteiger partial charge in [0.15, 0.2) is 5.82 Å². The number of alkyl halides is 3. The van der Waals surface area contributed by atoms with E-state index in [2.05, 4.69) is 56.2 Å². The van der Waals surface area contributed by atoms with E-state index in [1.54, 1.807) is 24.4 Å². The van der Waals surface area contributed by atoms with E-state index in [4.69, 9.17) is 23.2 Å². The molecular formula is C29H32Cl2F3N9. The topological polar surface area (TPSA) is 98.4 Å². The molecule has 1 aliphatic carbocycles. The van der Waals surface area contributed by atoms with Crippen molar-refractivity contribution < 1.29 is 13.2 Å². The molecule has 5 rings (SSSR count). The first-order chi connectivity index (χ1) is 20.5. The van der Waals surface area contributed by atoms with E-state index < -0.39 is 12.0 Å². The van der Waals surface area contributed by atoms with Crippen molar-refractivity contribution in [3.05, 3.63) is 88.1 Å². The van der Waals surface area contributed by atoms with Crippen LogP contribution in [-0.2, 0) is 12.7 Å². The number of halogens is 5. The maximum atomic E-state index is 12.5. The second kappa shape index (κ2) is 14.0. The fourth-order valence-corrected chi connectivity index (χ4v) is 5.31. The maximum absolute atomic E-state index is 12.5. The number of tetrazole rings is 1. The fraction of sp³-hybridized carbons (Fsp3) is 0.345. The van der Waals surface area contributed by atoms with Gasteiger partial charge in [-0.2, -0.15) is 23.1 Å². The average molecular weight is 635 g/mol. The van der Waals surface area contributed by atoms with Crippen molar-refractivity contribution in [3.8, 4) is 5.82 Å². The van der Waals surface area contributed by atoms with Crippen molar-refractivity contribution in [3.63, 3.8) is 0 Å². The summed E-state index contributed by atoms with van der Waals surface area (Å²) in [6, 6.07) is 8.88. The van der Waals surface area contributed by atoms with Gasteiger partial charge in [-0.1, -0.05) is 49.2 Å². The Kier molecular flexibility index (Phi) is 10.5. The Morgan fingerprint density at radius 3 is 2.53 bits per heavy atom. The molecule has 228 valence electrons. The van der Waals surface area contributed by atoms with Crippen LogP contribution in [0.2, 0.25) is 10.0 Å². The minimum Gasteiger partial charge on any atom is -0.387 e. The molecule has 0 aliphatic heterocycles. The van der Waals surface area contributed by atoms with Crippen molar-refractivity contribution in [1.82, 2.24) is 40.3 Å². The summed E-state index contributed by atoms with van der Waals surface area (Å²) < 4.78 is 38.9. The summed E-state index contributed by atoms with van der Waals surface area (Å²) >= 11 is 12.2. The average Bonchev–Trinajstić information content (AvgIpc) is 3.73. The molecule has 1 fully saturated rings. The number of pyridine rings is 1. The number of rotatable bonds is 9. The zero-order valence-electron chi connectivity index (χ0n) is 23.8. The summed E-state index contributed by atoms with van der Waals surface area (Å²) in [4.78, 5) is 4.94. The molecule has 4 aromatic rings. The summed E-state index contributed by atoms with van der Waals surface area (Å²) in [6.45, 7) is 10.8. The largest absolute Gasteiger partial charge is 0.455 e. The number of nitrogens with zero attached hydrogens (tertiary/aromatic N) is 7. The summed E-state index contributed by atoms with van der Waals surface area (Å²) in [6.07, 6.45) is 3.85. The Morgan fingerprint density at radius 1 is 1.16 bits per heavy atom. The van der Waals surface area contributed by atoms with E-state index in [9.17, 15) is 13.2 Å². The van der Waals surface area contributed by atoms with Gasteiger partial charge in [-0.3, -0.25) is 0 Å². The minimum absolute atomic E-state index is 0.0959. The van der Waals surface area contributed by atoms with Crippen molar-refractivity contribution in [2.75, 3.05) is 18.9 Å². The van der Waals surface area contributed by atoms with Crippen LogP contribution in [-0.4, -0.2) is 48.6 Å². The van der Waals surface area contributed by atoms with Crippen LogP contribution in [0.1, 0.15) is 54.0 Å². The van der Waals surface area contributed by atoms with Crippen molar-refractivity contribution in [2.45, 2.75) is 45.3 Å². The highest BCUT2D eigenvalue weighted by molar-refractivity contribution is 6.32. The lowest BCUT2D eigenvalue weighted by Gasteiger charge is -2.18. The van der Waals surface area contributed by atoms with Crippen LogP contribution in [0, 0.1) is 12.8 Å². The van der Waals surface area contributed by atoms with E-state index in [0.29, 0.717) is 22.2 Å². The van der Waals surface area contributed by atoms with Crippen molar-refractivity contribution >= 4 is 40.7 Å². The molecule has 0 atom stereocenters. The molecule has 0 amide bonds. The third-order valence-corrected chi connectivity index (χ3v) is 7.41. The molecule has 1 saturated carbocycles. The second-order valence-electron chi connectivity index (χ2n) is 10.0. The van der Waals surface area contributed by atoms with Crippen molar-refractivity contribution in [1.29, 1.82) is 0 Å². The molecule has 3 aromatic heterocycles. The molecule has 0 unspecified atom stereocenters. The number of aryl methyl sites for hydroxylation is 1. The standard InChI is InChI=1S/C16H23ClN2.C13H9ClF3N7/c1-11-8-14(17)9-15(16(11)18-3)12(2)19-10-13-6-4-5-7-13;1-2-9-6-8(7-23-21-12(19-22-23)13(15,16)17)20-24(9)11-10(14)4-3-5-18-11/h8-9,13,18-19H,2,4-7,10H2,1,3H3;2-6H,1,7H2. The Hall–Kier alpha value is -3.90. The van der Waals surface area contributed by atoms with Crippen molar-refractivity contribution in [2.24, 2.45) is 5.92 Å². The Bertz CT molecular complexity index is 1570. The van der Waals surface area contributed by atoms with Gasteiger partial charge in [-0.25, -0.2) is 9.67 Å². The molecule has 1 aliphatic rings. The maximum Gasteiger partial charge on any atom is 0.455 e. The lowest BCUT2D eigenvalue weighted by molar-refractivity contribution is -0.145. The summed E-state index contributed by atoms with van der Waals surface area (Å²) in [5.41, 5.74) is 5.26. The van der Waals surface area contributed by atoms with E-state index in [1.165, 1.54) is 36.4 Å². The molecule has 9 nitrogen and oxygen atoms in total. The first-order valence-electron chi connectivity index (χ1n) is 13.6. The zero-order chi connectivity index (χ0) is 31.1. The lowest BCUT2D eigenvalue weighted by Crippen LogP contribution is -2.20. The van der Waals surface area contributed by atoms with Gasteiger partial charge in [0, 0.05) is 41.8 Å². The number of hydrogen-bond acceptors (Lipinski definition) is 7. The van der Waals surface area contributed by atoms with E-state index >= 15 is 0 Å². The third kappa shape index (κ3) is 8.14. The lowest BCUT2D eigenvalue weighted by atomic mass is 10.0. The molecule has 43 heavy (non-hydrogen) atoms. The number of anilines is 1. The number of aromatic nitrogens is 7. The monoisotopic (exact) mass is 633 g/mol. The van der Waals surface area contributed by atoms with E-state index in [-0.39, 0.29) is 6.54 Å². The van der Waals surface area contributed by atoms with Crippen LogP contribution < -0.4 is 10.6 Å². The Labute approximate surface area is 257 Å². The molecule has 0 bridgehead atoms. The third-order valence-electron chi connectivity index (χ3n) is 6.90. The Morgan fingerprint density at radius 2 is 1.91 bits per heavy atom. The minimum atomic E-state index is -4.65. The molecule has 0 spiro atoms. The first-order valence-corrected chi connectivity index (χ1v) is 14.3. The molecule has 1 aromatic carbocycles. The van der Waals surface area contributed by atoms with Crippen LogP contribution in [0.3, 0.4) is 0 Å². The van der Waals surface area contributed by atoms with Crippen LogP contribution >= 0.6 is 23.2 Å². The predicted octanol–water partition coefficient (Wildman–Crippen LogP) is 7.06. The molecular weight excluding hydrogens is 602 g/mol. The van der Waals surface area contributed by atoms with Gasteiger partial charge >= 0.3 is 6.18 Å². The number of nitrogens with one attached hydrogen (secondary N) is 2. The molecule has 0 radical (unpaired) electrons. The first kappa shape index (κ1) is 32.0. The Balaban J connectivity index is 0.000000203. The van der Waals surface area contributed by atoms with Crippen LogP contribution in [0.15, 0.2) is 49.7 Å². The molecule has 0 saturated heterocycles.